The molecule has 2 bridgehead atoms. The number of nitrogens with two attached hydrogens (primary N) is 1. The summed E-state index contributed by atoms with van der Waals surface area (Å²) in [5.41, 5.74) is 6.25. The first-order chi connectivity index (χ1) is 21.7. The highest BCUT2D eigenvalue weighted by atomic mass is 32.2. The van der Waals surface area contributed by atoms with Crippen molar-refractivity contribution >= 4 is 37.9 Å². The van der Waals surface area contributed by atoms with Crippen molar-refractivity contribution < 1.29 is 17.9 Å². The van der Waals surface area contributed by atoms with Crippen LogP contribution in [0.5, 0.6) is 5.75 Å². The highest BCUT2D eigenvalue weighted by Crippen LogP contribution is 2.40. The van der Waals surface area contributed by atoms with Crippen LogP contribution < -0.4 is 9.88 Å². The maximum atomic E-state index is 13.7. The summed E-state index contributed by atoms with van der Waals surface area (Å²) in [6.07, 6.45) is 6.10. The number of aromatic nitrogens is 3. The van der Waals surface area contributed by atoms with Crippen molar-refractivity contribution in [3.8, 4) is 28.4 Å². The van der Waals surface area contributed by atoms with Crippen LogP contribution in [0.1, 0.15) is 42.5 Å². The lowest BCUT2D eigenvalue weighted by atomic mass is 9.98. The number of hydrogen-bond donors (Lipinski definition) is 1. The first kappa shape index (κ1) is 28.3. The number of nitrogens with zero attached hydrogens (tertiary/aromatic N) is 4. The molecule has 5 aromatic rings. The summed E-state index contributed by atoms with van der Waals surface area (Å²) in [5.74, 6) is 3.38. The SMILES string of the molecule is COc1cc(C(=O)N2CC3CCC(C3)C2)cc2nc(-c3cc4ccc(-c5ccc(S(N)(=O)=O)cc5)cc4n3CC3CC3)n(C)c12. The molecule has 2 aliphatic carbocycles. The lowest BCUT2D eigenvalue weighted by molar-refractivity contribution is 0.0662. The molecule has 1 saturated heterocycles. The minimum atomic E-state index is -3.76. The molecular formula is C35H37N5O4S. The van der Waals surface area contributed by atoms with Crippen LogP contribution in [0, 0.1) is 17.8 Å². The molecule has 0 spiro atoms. The maximum absolute atomic E-state index is 13.7. The average molecular weight is 624 g/mol. The second kappa shape index (κ2) is 10.5. The first-order valence-electron chi connectivity index (χ1n) is 15.8. The van der Waals surface area contributed by atoms with E-state index in [1.54, 1.807) is 31.4 Å². The number of hydrogen-bond acceptors (Lipinski definition) is 5. The van der Waals surface area contributed by atoms with Crippen molar-refractivity contribution in [1.29, 1.82) is 0 Å². The molecule has 3 aromatic carbocycles. The largest absolute Gasteiger partial charge is 0.494 e. The van der Waals surface area contributed by atoms with Crippen molar-refractivity contribution in [1.82, 2.24) is 19.0 Å². The van der Waals surface area contributed by atoms with E-state index in [1.165, 1.54) is 32.1 Å². The number of fused-ring (bicyclic) bond motifs is 4. The van der Waals surface area contributed by atoms with E-state index in [1.807, 2.05) is 24.1 Å². The number of piperidine rings is 1. The van der Waals surface area contributed by atoms with E-state index in [0.29, 0.717) is 29.1 Å². The van der Waals surface area contributed by atoms with Crippen molar-refractivity contribution in [2.45, 2.75) is 43.5 Å². The number of rotatable bonds is 7. The molecular weight excluding hydrogens is 586 g/mol. The Bertz CT molecular complexity index is 2080. The van der Waals surface area contributed by atoms with Gasteiger partial charge in [0.2, 0.25) is 10.0 Å². The molecule has 3 heterocycles. The Morgan fingerprint density at radius 1 is 0.956 bits per heavy atom. The van der Waals surface area contributed by atoms with E-state index >= 15 is 0 Å². The molecule has 2 aromatic heterocycles. The van der Waals surface area contributed by atoms with Crippen LogP contribution in [0.25, 0.3) is 44.6 Å². The van der Waals surface area contributed by atoms with Crippen LogP contribution in [-0.4, -0.2) is 53.5 Å². The van der Waals surface area contributed by atoms with Gasteiger partial charge in [0.25, 0.3) is 5.91 Å². The quantitative estimate of drug-likeness (QED) is 0.246. The van der Waals surface area contributed by atoms with Crippen LogP contribution in [0.3, 0.4) is 0 Å². The highest BCUT2D eigenvalue weighted by Gasteiger charge is 2.35. The zero-order chi connectivity index (χ0) is 31.0. The third-order valence-electron chi connectivity index (χ3n) is 10.1. The highest BCUT2D eigenvalue weighted by molar-refractivity contribution is 7.89. The van der Waals surface area contributed by atoms with Gasteiger partial charge in [0, 0.05) is 43.1 Å². The minimum Gasteiger partial charge on any atom is -0.494 e. The van der Waals surface area contributed by atoms with Crippen LogP contribution in [0.2, 0.25) is 0 Å². The molecule has 2 N–H and O–H groups in total. The van der Waals surface area contributed by atoms with Crippen LogP contribution in [0.4, 0.5) is 0 Å². The Morgan fingerprint density at radius 3 is 2.33 bits per heavy atom. The summed E-state index contributed by atoms with van der Waals surface area (Å²) in [6, 6.07) is 19.0. The Balaban J connectivity index is 1.21. The van der Waals surface area contributed by atoms with E-state index < -0.39 is 10.0 Å². The van der Waals surface area contributed by atoms with E-state index in [4.69, 9.17) is 14.9 Å². The number of carbonyl (C=O) groups excluding carboxylic acids is 1. The molecule has 45 heavy (non-hydrogen) atoms. The smallest absolute Gasteiger partial charge is 0.254 e. The molecule has 2 saturated carbocycles. The lowest BCUT2D eigenvalue weighted by Crippen LogP contribution is -2.40. The summed E-state index contributed by atoms with van der Waals surface area (Å²) in [6.45, 7) is 2.55. The molecule has 1 aliphatic heterocycles. The Kier molecular flexibility index (Phi) is 6.58. The minimum absolute atomic E-state index is 0.0616. The fraction of sp³-hybridized carbons (Fsp3) is 0.371. The van der Waals surface area contributed by atoms with Crippen LogP contribution >= 0.6 is 0 Å². The van der Waals surface area contributed by atoms with Gasteiger partial charge in [-0.1, -0.05) is 24.3 Å². The fourth-order valence-electron chi connectivity index (χ4n) is 7.59. The van der Waals surface area contributed by atoms with Gasteiger partial charge in [-0.2, -0.15) is 0 Å². The van der Waals surface area contributed by atoms with E-state index in [-0.39, 0.29) is 10.8 Å². The summed E-state index contributed by atoms with van der Waals surface area (Å²) in [7, 11) is -0.0970. The van der Waals surface area contributed by atoms with Crippen molar-refractivity contribution in [2.75, 3.05) is 20.2 Å². The second-order valence-electron chi connectivity index (χ2n) is 13.2. The first-order valence-corrected chi connectivity index (χ1v) is 17.3. The maximum Gasteiger partial charge on any atom is 0.254 e. The zero-order valence-electron chi connectivity index (χ0n) is 25.6. The van der Waals surface area contributed by atoms with Crippen molar-refractivity contribution in [2.24, 2.45) is 29.9 Å². The topological polar surface area (TPSA) is 112 Å². The van der Waals surface area contributed by atoms with Gasteiger partial charge in [-0.3, -0.25) is 4.79 Å². The van der Waals surface area contributed by atoms with Crippen molar-refractivity contribution in [3.63, 3.8) is 0 Å². The van der Waals surface area contributed by atoms with Gasteiger partial charge in [-0.05, 0) is 97.4 Å². The standard InChI is InChI=1S/C35H37N5O4S/c1-38-33-29(14-27(17-32(33)44-2)35(41)39-18-22-5-6-23(13-22)19-39)37-34(38)31-16-26-8-7-25(15-30(26)40(31)20-21-3-4-21)24-9-11-28(12-10-24)45(36,42)43/h7-12,14-17,21-23H,3-6,13,18-20H2,1-2H3,(H2,36,42,43). The predicted molar refractivity (Wildman–Crippen MR) is 174 cm³/mol. The van der Waals surface area contributed by atoms with Gasteiger partial charge in [0.15, 0.2) is 5.82 Å². The lowest BCUT2D eigenvalue weighted by Gasteiger charge is -2.32. The average Bonchev–Trinajstić information content (AvgIpc) is 3.59. The molecule has 3 aliphatic rings. The summed E-state index contributed by atoms with van der Waals surface area (Å²) >= 11 is 0. The zero-order valence-corrected chi connectivity index (χ0v) is 26.4. The van der Waals surface area contributed by atoms with Gasteiger partial charge in [-0.15, -0.1) is 0 Å². The number of benzene rings is 3. The Morgan fingerprint density at radius 2 is 1.67 bits per heavy atom. The summed E-state index contributed by atoms with van der Waals surface area (Å²) < 4.78 is 33.8. The fourth-order valence-corrected chi connectivity index (χ4v) is 8.10. The van der Waals surface area contributed by atoms with Gasteiger partial charge in [0.05, 0.1) is 23.2 Å². The van der Waals surface area contributed by atoms with Gasteiger partial charge in [0.1, 0.15) is 11.3 Å². The molecule has 8 rings (SSSR count). The van der Waals surface area contributed by atoms with Crippen LogP contribution in [0.15, 0.2) is 65.6 Å². The third-order valence-corrected chi connectivity index (χ3v) is 11.0. The van der Waals surface area contributed by atoms with E-state index in [2.05, 4.69) is 33.4 Å². The van der Waals surface area contributed by atoms with Gasteiger partial charge >= 0.3 is 0 Å². The molecule has 1 amide bonds. The number of ether oxygens (including phenoxy) is 1. The van der Waals surface area contributed by atoms with Gasteiger partial charge < -0.3 is 18.8 Å². The second-order valence-corrected chi connectivity index (χ2v) is 14.8. The molecule has 10 heteroatoms. The number of aryl methyl sites for hydroxylation is 1. The predicted octanol–water partition coefficient (Wildman–Crippen LogP) is 5.80. The molecule has 3 fully saturated rings. The van der Waals surface area contributed by atoms with Gasteiger partial charge in [-0.25, -0.2) is 18.5 Å². The summed E-state index contributed by atoms with van der Waals surface area (Å²) in [4.78, 5) is 21.0. The Labute approximate surface area is 262 Å². The van der Waals surface area contributed by atoms with Crippen molar-refractivity contribution in [3.05, 3.63) is 66.2 Å². The number of amides is 1. The number of imidazole rings is 1. The number of carbonyl (C=O) groups is 1. The number of sulfonamides is 1. The molecule has 0 radical (unpaired) electrons. The van der Waals surface area contributed by atoms with E-state index in [0.717, 1.165) is 64.2 Å². The van der Waals surface area contributed by atoms with Crippen LogP contribution in [-0.2, 0) is 23.6 Å². The molecule has 9 nitrogen and oxygen atoms in total. The monoisotopic (exact) mass is 623 g/mol. The molecule has 232 valence electrons. The van der Waals surface area contributed by atoms with E-state index in [9.17, 15) is 13.2 Å². The normalized spacial score (nSPS) is 19.9. The number of likely N-dealkylation sites (tertiary alicyclic amines) is 1. The summed E-state index contributed by atoms with van der Waals surface area (Å²) in [5, 5.41) is 6.41. The number of methoxy groups -OCH3 is 1. The Hall–Kier alpha value is -4.15. The molecule has 2 unspecified atom stereocenters. The molecule has 2 atom stereocenters. The third kappa shape index (κ3) is 5.00. The number of primary sulfonamides is 1.